The highest BCUT2D eigenvalue weighted by atomic mass is 16.5. The van der Waals surface area contributed by atoms with Gasteiger partial charge in [0.15, 0.2) is 0 Å². The number of nitrogens with one attached hydrogen (secondary N) is 2. The van der Waals surface area contributed by atoms with E-state index in [0.29, 0.717) is 18.1 Å². The maximum Gasteiger partial charge on any atom is 0.411 e. The van der Waals surface area contributed by atoms with Crippen LogP contribution >= 0.6 is 0 Å². The van der Waals surface area contributed by atoms with Crippen LogP contribution in [-0.2, 0) is 9.47 Å². The maximum atomic E-state index is 11.1. The third-order valence-corrected chi connectivity index (χ3v) is 4.74. The molecule has 1 amide bonds. The van der Waals surface area contributed by atoms with Crippen molar-refractivity contribution in [2.45, 2.75) is 32.4 Å². The monoisotopic (exact) mass is 290 g/mol. The molecule has 1 saturated heterocycles. The van der Waals surface area contributed by atoms with E-state index >= 15 is 0 Å². The number of hydrogen-bond acceptors (Lipinski definition) is 4. The van der Waals surface area contributed by atoms with Crippen molar-refractivity contribution in [2.75, 3.05) is 24.4 Å². The molecule has 0 radical (unpaired) electrons. The lowest BCUT2D eigenvalue weighted by Crippen LogP contribution is -2.63. The van der Waals surface area contributed by atoms with Gasteiger partial charge in [-0.15, -0.1) is 0 Å². The first kappa shape index (κ1) is 14.2. The molecule has 1 heterocycles. The Bertz CT molecular complexity index is 527. The highest BCUT2D eigenvalue weighted by molar-refractivity contribution is 5.84. The lowest BCUT2D eigenvalue weighted by Gasteiger charge is -2.55. The summed E-state index contributed by atoms with van der Waals surface area (Å²) < 4.78 is 10.4. The van der Waals surface area contributed by atoms with Crippen molar-refractivity contribution >= 4 is 17.5 Å². The second kappa shape index (κ2) is 5.22. The molecule has 0 spiro atoms. The molecule has 2 fully saturated rings. The first-order chi connectivity index (χ1) is 10.0. The number of fused-ring (bicyclic) bond motifs is 1. The fourth-order valence-corrected chi connectivity index (χ4v) is 3.62. The van der Waals surface area contributed by atoms with Crippen molar-refractivity contribution in [1.82, 2.24) is 0 Å². The molecule has 1 aromatic carbocycles. The Balaban J connectivity index is 1.64. The van der Waals surface area contributed by atoms with Crippen LogP contribution in [0.4, 0.5) is 16.2 Å². The van der Waals surface area contributed by atoms with Crippen molar-refractivity contribution < 1.29 is 14.3 Å². The Morgan fingerprint density at radius 1 is 1.29 bits per heavy atom. The molecule has 2 aliphatic rings. The zero-order valence-corrected chi connectivity index (χ0v) is 12.7. The number of amides is 1. The van der Waals surface area contributed by atoms with Crippen molar-refractivity contribution in [2.24, 2.45) is 11.3 Å². The van der Waals surface area contributed by atoms with E-state index in [4.69, 9.17) is 4.74 Å². The predicted molar refractivity (Wildman–Crippen MR) is 81.5 cm³/mol. The highest BCUT2D eigenvalue weighted by Gasteiger charge is 2.59. The van der Waals surface area contributed by atoms with Crippen LogP contribution < -0.4 is 10.6 Å². The number of rotatable bonds is 3. The van der Waals surface area contributed by atoms with Gasteiger partial charge in [0, 0.05) is 35.4 Å². The van der Waals surface area contributed by atoms with Crippen LogP contribution in [0.3, 0.4) is 0 Å². The number of carbonyl (C=O) groups excluding carboxylic acids is 1. The summed E-state index contributed by atoms with van der Waals surface area (Å²) in [6.07, 6.45) is 1.06. The second-order valence-electron chi connectivity index (χ2n) is 6.38. The van der Waals surface area contributed by atoms with E-state index in [1.165, 1.54) is 7.11 Å². The molecule has 1 aromatic rings. The van der Waals surface area contributed by atoms with Crippen molar-refractivity contribution in [3.05, 3.63) is 24.3 Å². The summed E-state index contributed by atoms with van der Waals surface area (Å²) in [5.74, 6) is 0.605. The summed E-state index contributed by atoms with van der Waals surface area (Å²) in [5, 5.41) is 6.26. The Morgan fingerprint density at radius 3 is 2.62 bits per heavy atom. The third-order valence-electron chi connectivity index (χ3n) is 4.74. The first-order valence-corrected chi connectivity index (χ1v) is 7.35. The molecule has 3 rings (SSSR count). The van der Waals surface area contributed by atoms with Gasteiger partial charge in [0.1, 0.15) is 0 Å². The number of hydrogen-bond donors (Lipinski definition) is 2. The minimum atomic E-state index is -0.457. The summed E-state index contributed by atoms with van der Waals surface area (Å²) >= 11 is 0. The molecule has 1 saturated carbocycles. The lowest BCUT2D eigenvalue weighted by atomic mass is 9.57. The Kier molecular flexibility index (Phi) is 3.53. The first-order valence-electron chi connectivity index (χ1n) is 7.35. The van der Waals surface area contributed by atoms with E-state index in [2.05, 4.69) is 29.2 Å². The number of anilines is 2. The molecule has 2 N–H and O–H groups in total. The van der Waals surface area contributed by atoms with E-state index in [0.717, 1.165) is 24.4 Å². The molecule has 0 aromatic heterocycles. The van der Waals surface area contributed by atoms with Gasteiger partial charge >= 0.3 is 6.09 Å². The van der Waals surface area contributed by atoms with Crippen molar-refractivity contribution in [3.63, 3.8) is 0 Å². The number of methoxy groups -OCH3 is 1. The van der Waals surface area contributed by atoms with Crippen molar-refractivity contribution in [1.29, 1.82) is 0 Å². The van der Waals surface area contributed by atoms with E-state index in [1.807, 2.05) is 24.3 Å². The van der Waals surface area contributed by atoms with Gasteiger partial charge in [-0.1, -0.05) is 13.8 Å². The fourth-order valence-electron chi connectivity index (χ4n) is 3.62. The molecular weight excluding hydrogens is 268 g/mol. The summed E-state index contributed by atoms with van der Waals surface area (Å²) in [6, 6.07) is 8.13. The Hall–Kier alpha value is -1.75. The summed E-state index contributed by atoms with van der Waals surface area (Å²) in [7, 11) is 1.35. The largest absolute Gasteiger partial charge is 0.453 e. The van der Waals surface area contributed by atoms with Crippen molar-refractivity contribution in [3.8, 4) is 0 Å². The molecule has 1 aliphatic carbocycles. The highest BCUT2D eigenvalue weighted by Crippen LogP contribution is 2.53. The molecule has 3 atom stereocenters. The van der Waals surface area contributed by atoms with E-state index < -0.39 is 6.09 Å². The van der Waals surface area contributed by atoms with Crippen LogP contribution in [-0.4, -0.2) is 32.0 Å². The van der Waals surface area contributed by atoms with Gasteiger partial charge in [0.2, 0.25) is 0 Å². The smallest absolute Gasteiger partial charge is 0.411 e. The van der Waals surface area contributed by atoms with Gasteiger partial charge in [-0.3, -0.25) is 5.32 Å². The summed E-state index contributed by atoms with van der Waals surface area (Å²) in [5.41, 5.74) is 1.94. The van der Waals surface area contributed by atoms with Gasteiger partial charge in [0.25, 0.3) is 0 Å². The number of benzene rings is 1. The SMILES string of the molecule is COC(=O)Nc1ccc(NC2C3CCOC3C2(C)C)cc1. The zero-order chi connectivity index (χ0) is 15.0. The van der Waals surface area contributed by atoms with Gasteiger partial charge in [-0.05, 0) is 30.7 Å². The lowest BCUT2D eigenvalue weighted by molar-refractivity contribution is -0.0923. The average Bonchev–Trinajstić information content (AvgIpc) is 2.93. The minimum Gasteiger partial charge on any atom is -0.453 e. The van der Waals surface area contributed by atoms with Gasteiger partial charge < -0.3 is 14.8 Å². The van der Waals surface area contributed by atoms with Gasteiger partial charge in [0.05, 0.1) is 13.2 Å². The van der Waals surface area contributed by atoms with Crippen LogP contribution in [0.25, 0.3) is 0 Å². The molecule has 1 aliphatic heterocycles. The Morgan fingerprint density at radius 2 is 1.95 bits per heavy atom. The predicted octanol–water partition coefficient (Wildman–Crippen LogP) is 3.09. The molecule has 21 heavy (non-hydrogen) atoms. The Labute approximate surface area is 125 Å². The molecule has 5 nitrogen and oxygen atoms in total. The van der Waals surface area contributed by atoms with Gasteiger partial charge in [-0.25, -0.2) is 4.79 Å². The van der Waals surface area contributed by atoms with Crippen LogP contribution in [0.1, 0.15) is 20.3 Å². The van der Waals surface area contributed by atoms with E-state index in [9.17, 15) is 4.79 Å². The van der Waals surface area contributed by atoms with Crippen LogP contribution in [0.5, 0.6) is 0 Å². The average molecular weight is 290 g/mol. The standard InChI is InChI=1S/C16H22N2O3/c1-16(2)13(12-8-9-21-14(12)16)17-10-4-6-11(7-5-10)18-15(19)20-3/h4-7,12-14,17H,8-9H2,1-3H3,(H,18,19). The molecular formula is C16H22N2O3. The minimum absolute atomic E-state index is 0.157. The number of ether oxygens (including phenoxy) is 2. The van der Waals surface area contributed by atoms with Crippen LogP contribution in [0.2, 0.25) is 0 Å². The van der Waals surface area contributed by atoms with Gasteiger partial charge in [-0.2, -0.15) is 0 Å². The maximum absolute atomic E-state index is 11.1. The summed E-state index contributed by atoms with van der Waals surface area (Å²) in [6.45, 7) is 5.38. The van der Waals surface area contributed by atoms with Crippen LogP contribution in [0.15, 0.2) is 24.3 Å². The topological polar surface area (TPSA) is 59.6 Å². The van der Waals surface area contributed by atoms with Crippen LogP contribution in [0, 0.1) is 11.3 Å². The molecule has 3 unspecified atom stereocenters. The normalized spacial score (nSPS) is 29.2. The second-order valence-corrected chi connectivity index (χ2v) is 6.38. The zero-order valence-electron chi connectivity index (χ0n) is 12.7. The fraction of sp³-hybridized carbons (Fsp3) is 0.562. The number of carbonyl (C=O) groups is 1. The quantitative estimate of drug-likeness (QED) is 0.898. The molecule has 0 bridgehead atoms. The molecule has 5 heteroatoms. The van der Waals surface area contributed by atoms with E-state index in [-0.39, 0.29) is 5.41 Å². The summed E-state index contributed by atoms with van der Waals surface area (Å²) in [4.78, 5) is 11.1. The molecule has 114 valence electrons. The third kappa shape index (κ3) is 2.46. The van der Waals surface area contributed by atoms with E-state index in [1.54, 1.807) is 0 Å².